The largest absolute Gasteiger partial charge is 0.494 e. The van der Waals surface area contributed by atoms with E-state index in [0.717, 1.165) is 64.4 Å². The molecule has 1 saturated heterocycles. The molecule has 0 radical (unpaired) electrons. The number of amides is 1. The van der Waals surface area contributed by atoms with E-state index in [2.05, 4.69) is 64.3 Å². The Hall–Kier alpha value is -4.14. The fraction of sp³-hybridized carbons (Fsp3) is 0.471. The van der Waals surface area contributed by atoms with Gasteiger partial charge in [-0.2, -0.15) is 5.10 Å². The van der Waals surface area contributed by atoms with Gasteiger partial charge < -0.3 is 18.8 Å². The zero-order valence-corrected chi connectivity index (χ0v) is 25.6. The summed E-state index contributed by atoms with van der Waals surface area (Å²) in [7, 11) is 3.71. The lowest BCUT2D eigenvalue weighted by Gasteiger charge is -2.27. The molecular formula is C34H39N7O2. The second kappa shape index (κ2) is 9.69. The number of ether oxygens (including phenoxy) is 1. The molecule has 1 aromatic carbocycles. The summed E-state index contributed by atoms with van der Waals surface area (Å²) in [6, 6.07) is 10.9. The molecule has 1 aliphatic heterocycles. The molecule has 9 heteroatoms. The molecule has 43 heavy (non-hydrogen) atoms. The minimum atomic E-state index is 0.0896. The number of fused-ring (bicyclic) bond motifs is 4. The van der Waals surface area contributed by atoms with Crippen LogP contribution in [0.5, 0.6) is 5.75 Å². The smallest absolute Gasteiger partial charge is 0.254 e. The lowest BCUT2D eigenvalue weighted by molar-refractivity contribution is 0.0696. The van der Waals surface area contributed by atoms with E-state index in [4.69, 9.17) is 14.7 Å². The molecule has 9 nitrogen and oxygen atoms in total. The molecule has 5 aromatic rings. The summed E-state index contributed by atoms with van der Waals surface area (Å²) < 4.78 is 12.3. The van der Waals surface area contributed by atoms with Crippen LogP contribution in [-0.2, 0) is 13.6 Å². The van der Waals surface area contributed by atoms with Crippen molar-refractivity contribution in [1.29, 1.82) is 0 Å². The van der Waals surface area contributed by atoms with Gasteiger partial charge in [0.25, 0.3) is 5.91 Å². The molecule has 0 N–H and O–H groups in total. The average Bonchev–Trinajstić information content (AvgIpc) is 3.34. The van der Waals surface area contributed by atoms with Crippen molar-refractivity contribution < 1.29 is 9.53 Å². The number of imidazole rings is 1. The second-order valence-corrected chi connectivity index (χ2v) is 13.3. The number of pyridine rings is 1. The summed E-state index contributed by atoms with van der Waals surface area (Å²) in [5, 5.41) is 5.62. The van der Waals surface area contributed by atoms with Crippen LogP contribution in [0, 0.1) is 17.8 Å². The number of benzene rings is 1. The fourth-order valence-corrected chi connectivity index (χ4v) is 7.50. The molecule has 1 amide bonds. The maximum Gasteiger partial charge on any atom is 0.254 e. The van der Waals surface area contributed by atoms with Gasteiger partial charge in [-0.25, -0.2) is 9.97 Å². The molecular weight excluding hydrogens is 538 g/mol. The number of aromatic nitrogens is 6. The Labute approximate surface area is 251 Å². The summed E-state index contributed by atoms with van der Waals surface area (Å²) >= 11 is 0. The van der Waals surface area contributed by atoms with Crippen LogP contribution in [-0.4, -0.2) is 59.4 Å². The van der Waals surface area contributed by atoms with Crippen LogP contribution in [0.15, 0.2) is 42.7 Å². The number of rotatable bonds is 7. The number of hydrogen-bond acceptors (Lipinski definition) is 5. The highest BCUT2D eigenvalue weighted by Crippen LogP contribution is 2.44. The Morgan fingerprint density at radius 3 is 2.60 bits per heavy atom. The van der Waals surface area contributed by atoms with Crippen molar-refractivity contribution >= 4 is 28.0 Å². The van der Waals surface area contributed by atoms with Crippen LogP contribution in [0.4, 0.5) is 0 Å². The molecule has 0 spiro atoms. The van der Waals surface area contributed by atoms with Gasteiger partial charge in [0, 0.05) is 54.9 Å². The first-order valence-electron chi connectivity index (χ1n) is 15.7. The minimum absolute atomic E-state index is 0.0896. The normalized spacial score (nSPS) is 21.6. The molecule has 222 valence electrons. The quantitative estimate of drug-likeness (QED) is 0.226. The highest BCUT2D eigenvalue weighted by atomic mass is 16.5. The SMILES string of the molecule is COc1cc(C(=O)N2CC3CCC2[C@@H]3C)cc2nc(-c3cc4ccc(-c5cnn(C(C)C)c5)nc4n3CC3CC3)n(C)c12. The Morgan fingerprint density at radius 1 is 1.09 bits per heavy atom. The van der Waals surface area contributed by atoms with E-state index < -0.39 is 0 Å². The van der Waals surface area contributed by atoms with Crippen LogP contribution in [0.25, 0.3) is 44.8 Å². The van der Waals surface area contributed by atoms with Crippen LogP contribution >= 0.6 is 0 Å². The molecule has 5 heterocycles. The molecule has 4 aromatic heterocycles. The first-order valence-corrected chi connectivity index (χ1v) is 15.7. The van der Waals surface area contributed by atoms with Crippen molar-refractivity contribution in [3.8, 4) is 28.5 Å². The van der Waals surface area contributed by atoms with Crippen molar-refractivity contribution in [3.05, 3.63) is 48.3 Å². The molecule has 8 rings (SSSR count). The molecule has 3 aliphatic rings. The number of piperidine rings is 1. The highest BCUT2D eigenvalue weighted by Gasteiger charge is 2.46. The van der Waals surface area contributed by atoms with E-state index in [1.54, 1.807) is 7.11 Å². The topological polar surface area (TPSA) is 83.0 Å². The number of carbonyl (C=O) groups is 1. The molecule has 3 atom stereocenters. The first kappa shape index (κ1) is 26.5. The molecule has 2 bridgehead atoms. The third kappa shape index (κ3) is 4.18. The maximum atomic E-state index is 13.8. The van der Waals surface area contributed by atoms with E-state index in [1.165, 1.54) is 19.3 Å². The maximum absolute atomic E-state index is 13.8. The fourth-order valence-electron chi connectivity index (χ4n) is 7.50. The number of aryl methyl sites for hydroxylation is 1. The number of carbonyl (C=O) groups excluding carboxylic acids is 1. The van der Waals surface area contributed by atoms with Gasteiger partial charge in [-0.3, -0.25) is 9.48 Å². The van der Waals surface area contributed by atoms with Gasteiger partial charge in [0.1, 0.15) is 16.9 Å². The summed E-state index contributed by atoms with van der Waals surface area (Å²) in [4.78, 5) is 26.2. The van der Waals surface area contributed by atoms with E-state index in [1.807, 2.05) is 30.1 Å². The van der Waals surface area contributed by atoms with Crippen LogP contribution in [0.1, 0.15) is 62.9 Å². The zero-order chi connectivity index (χ0) is 29.6. The van der Waals surface area contributed by atoms with Crippen LogP contribution in [0.3, 0.4) is 0 Å². The number of hydrogen-bond donors (Lipinski definition) is 0. The van der Waals surface area contributed by atoms with Gasteiger partial charge >= 0.3 is 0 Å². The van der Waals surface area contributed by atoms with Gasteiger partial charge in [-0.15, -0.1) is 0 Å². The van der Waals surface area contributed by atoms with Gasteiger partial charge in [-0.05, 0) is 87.6 Å². The minimum Gasteiger partial charge on any atom is -0.494 e. The Morgan fingerprint density at radius 2 is 1.93 bits per heavy atom. The third-order valence-electron chi connectivity index (χ3n) is 10.2. The molecule has 2 saturated carbocycles. The van der Waals surface area contributed by atoms with Crippen molar-refractivity contribution in [2.24, 2.45) is 24.8 Å². The van der Waals surface area contributed by atoms with Gasteiger partial charge in [0.05, 0.1) is 30.2 Å². The van der Waals surface area contributed by atoms with Crippen molar-refractivity contribution in [3.63, 3.8) is 0 Å². The Kier molecular flexibility index (Phi) is 5.97. The summed E-state index contributed by atoms with van der Waals surface area (Å²) in [5.41, 5.74) is 6.25. The van der Waals surface area contributed by atoms with Crippen LogP contribution in [0.2, 0.25) is 0 Å². The van der Waals surface area contributed by atoms with E-state index >= 15 is 0 Å². The van der Waals surface area contributed by atoms with E-state index in [0.29, 0.717) is 41.2 Å². The van der Waals surface area contributed by atoms with Crippen molar-refractivity contribution in [2.45, 2.75) is 65.1 Å². The monoisotopic (exact) mass is 577 g/mol. The summed E-state index contributed by atoms with van der Waals surface area (Å²) in [6.45, 7) is 8.30. The Balaban J connectivity index is 1.23. The van der Waals surface area contributed by atoms with E-state index in [-0.39, 0.29) is 5.91 Å². The lowest BCUT2D eigenvalue weighted by Crippen LogP contribution is -2.38. The lowest BCUT2D eigenvalue weighted by atomic mass is 10.0. The zero-order valence-electron chi connectivity index (χ0n) is 25.6. The third-order valence-corrected chi connectivity index (χ3v) is 10.2. The first-order chi connectivity index (χ1) is 20.8. The van der Waals surface area contributed by atoms with Crippen molar-refractivity contribution in [1.82, 2.24) is 33.8 Å². The second-order valence-electron chi connectivity index (χ2n) is 13.3. The van der Waals surface area contributed by atoms with Gasteiger partial charge in [0.2, 0.25) is 0 Å². The summed E-state index contributed by atoms with van der Waals surface area (Å²) in [5.74, 6) is 3.45. The predicted octanol–water partition coefficient (Wildman–Crippen LogP) is 6.32. The van der Waals surface area contributed by atoms with Crippen LogP contribution < -0.4 is 4.74 Å². The number of methoxy groups -OCH3 is 1. The predicted molar refractivity (Wildman–Crippen MR) is 167 cm³/mol. The average molecular weight is 578 g/mol. The number of likely N-dealkylation sites (tertiary alicyclic amines) is 1. The number of nitrogens with zero attached hydrogens (tertiary/aromatic N) is 7. The van der Waals surface area contributed by atoms with Gasteiger partial charge in [0.15, 0.2) is 5.82 Å². The van der Waals surface area contributed by atoms with Crippen molar-refractivity contribution in [2.75, 3.05) is 13.7 Å². The van der Waals surface area contributed by atoms with E-state index in [9.17, 15) is 4.79 Å². The highest BCUT2D eigenvalue weighted by molar-refractivity contribution is 6.00. The standard InChI is InChI=1S/C34H39N7O2/c1-19(2)41-18-25(15-35-41)26-10-8-22-13-29(39(32(22)36-26)16-21-6-7-21)33-37-27-12-24(14-30(43-5)31(27)38(33)4)34(42)40-17-23-9-11-28(40)20(23)3/h8,10,12-15,18-21,23,28H,6-7,9,11,16-17H2,1-5H3/t20-,23?,28?/m1/s1. The molecule has 3 fully saturated rings. The summed E-state index contributed by atoms with van der Waals surface area (Å²) in [6.07, 6.45) is 8.77. The Bertz CT molecular complexity index is 1890. The van der Waals surface area contributed by atoms with Gasteiger partial charge in [-0.1, -0.05) is 6.92 Å². The molecule has 2 unspecified atom stereocenters. The molecule has 2 aliphatic carbocycles.